The monoisotopic (exact) mass is 224 g/mol. The Balaban J connectivity index is 1.89. The Morgan fingerprint density at radius 3 is 3.06 bits per heavy atom. The average Bonchev–Trinajstić information content (AvgIpc) is 2.77. The molecule has 1 atom stereocenters. The van der Waals surface area contributed by atoms with Crippen LogP contribution in [0.3, 0.4) is 0 Å². The number of likely N-dealkylation sites (N-methyl/N-ethyl adjacent to an activating group) is 1. The molecule has 2 N–H and O–H groups in total. The van der Waals surface area contributed by atoms with Gasteiger partial charge in [-0.2, -0.15) is 0 Å². The fourth-order valence-corrected chi connectivity index (χ4v) is 2.13. The molecule has 1 aliphatic rings. The topological polar surface area (TPSA) is 56.3 Å². The zero-order valence-electron chi connectivity index (χ0n) is 10.0. The van der Waals surface area contributed by atoms with Crippen molar-refractivity contribution in [2.45, 2.75) is 18.5 Å². The fraction of sp³-hybridized carbons (Fsp3) is 0.727. The highest BCUT2D eigenvalue weighted by Gasteiger charge is 2.31. The van der Waals surface area contributed by atoms with E-state index >= 15 is 0 Å². The van der Waals surface area contributed by atoms with Gasteiger partial charge in [-0.25, -0.2) is 4.98 Å². The standard InChI is InChI=1S/C11H20N4O/c1-14(7-10-13-4-5-15(10)2)8-11(12)3-6-16-9-11/h4-5H,3,6-9,12H2,1-2H3. The molecule has 1 saturated heterocycles. The van der Waals surface area contributed by atoms with Crippen LogP contribution in [-0.2, 0) is 18.3 Å². The number of hydrogen-bond acceptors (Lipinski definition) is 4. The normalized spacial score (nSPS) is 25.5. The minimum atomic E-state index is -0.181. The molecule has 0 aliphatic carbocycles. The second-order valence-electron chi connectivity index (χ2n) is 4.79. The Morgan fingerprint density at radius 2 is 2.50 bits per heavy atom. The first-order chi connectivity index (χ1) is 7.59. The van der Waals surface area contributed by atoms with E-state index in [1.54, 1.807) is 0 Å². The van der Waals surface area contributed by atoms with Crippen LogP contribution in [-0.4, -0.2) is 46.8 Å². The summed E-state index contributed by atoms with van der Waals surface area (Å²) in [7, 11) is 4.08. The molecule has 1 unspecified atom stereocenters. The first-order valence-corrected chi connectivity index (χ1v) is 5.60. The third-order valence-electron chi connectivity index (χ3n) is 3.05. The molecule has 0 saturated carbocycles. The van der Waals surface area contributed by atoms with Crippen molar-refractivity contribution in [2.75, 3.05) is 26.8 Å². The van der Waals surface area contributed by atoms with Gasteiger partial charge < -0.3 is 15.0 Å². The van der Waals surface area contributed by atoms with Crippen molar-refractivity contribution < 1.29 is 4.74 Å². The lowest BCUT2D eigenvalue weighted by molar-refractivity contribution is 0.158. The molecule has 90 valence electrons. The summed E-state index contributed by atoms with van der Waals surface area (Å²) in [5, 5.41) is 0. The number of nitrogens with zero attached hydrogens (tertiary/aromatic N) is 3. The molecule has 0 aromatic carbocycles. The fourth-order valence-electron chi connectivity index (χ4n) is 2.13. The van der Waals surface area contributed by atoms with Gasteiger partial charge in [0.05, 0.1) is 18.7 Å². The van der Waals surface area contributed by atoms with Crippen LogP contribution in [0.2, 0.25) is 0 Å². The molecule has 2 heterocycles. The van der Waals surface area contributed by atoms with Gasteiger partial charge in [0.2, 0.25) is 0 Å². The quantitative estimate of drug-likeness (QED) is 0.780. The molecular weight excluding hydrogens is 204 g/mol. The smallest absolute Gasteiger partial charge is 0.122 e. The van der Waals surface area contributed by atoms with E-state index in [-0.39, 0.29) is 5.54 Å². The van der Waals surface area contributed by atoms with Crippen LogP contribution in [0.4, 0.5) is 0 Å². The van der Waals surface area contributed by atoms with Crippen molar-refractivity contribution in [3.8, 4) is 0 Å². The van der Waals surface area contributed by atoms with E-state index < -0.39 is 0 Å². The Hall–Kier alpha value is -0.910. The molecule has 5 nitrogen and oxygen atoms in total. The SMILES string of the molecule is CN(Cc1nccn1C)CC1(N)CCOC1. The minimum Gasteiger partial charge on any atom is -0.379 e. The van der Waals surface area contributed by atoms with Gasteiger partial charge in [-0.05, 0) is 13.5 Å². The molecule has 16 heavy (non-hydrogen) atoms. The van der Waals surface area contributed by atoms with Crippen LogP contribution in [0.15, 0.2) is 12.4 Å². The Labute approximate surface area is 96.2 Å². The second-order valence-corrected chi connectivity index (χ2v) is 4.79. The number of imidazole rings is 1. The summed E-state index contributed by atoms with van der Waals surface area (Å²) in [5.74, 6) is 1.06. The summed E-state index contributed by atoms with van der Waals surface area (Å²) < 4.78 is 7.38. The van der Waals surface area contributed by atoms with Gasteiger partial charge in [0.1, 0.15) is 5.82 Å². The average molecular weight is 224 g/mol. The lowest BCUT2D eigenvalue weighted by Gasteiger charge is -2.28. The highest BCUT2D eigenvalue weighted by molar-refractivity contribution is 4.94. The third kappa shape index (κ3) is 2.61. The van der Waals surface area contributed by atoms with E-state index in [1.165, 1.54) is 0 Å². The van der Waals surface area contributed by atoms with E-state index in [2.05, 4.69) is 16.9 Å². The van der Waals surface area contributed by atoms with Crippen LogP contribution in [0.1, 0.15) is 12.2 Å². The lowest BCUT2D eigenvalue weighted by Crippen LogP contribution is -2.49. The van der Waals surface area contributed by atoms with Crippen molar-refractivity contribution >= 4 is 0 Å². The second kappa shape index (κ2) is 4.53. The van der Waals surface area contributed by atoms with Gasteiger partial charge in [-0.3, -0.25) is 4.90 Å². The van der Waals surface area contributed by atoms with Crippen LogP contribution >= 0.6 is 0 Å². The molecule has 1 aliphatic heterocycles. The van der Waals surface area contributed by atoms with Crippen molar-refractivity contribution in [3.63, 3.8) is 0 Å². The van der Waals surface area contributed by atoms with Crippen LogP contribution < -0.4 is 5.73 Å². The van der Waals surface area contributed by atoms with Crippen LogP contribution in [0.5, 0.6) is 0 Å². The molecule has 1 aromatic heterocycles. The predicted molar refractivity (Wildman–Crippen MR) is 61.9 cm³/mol. The highest BCUT2D eigenvalue weighted by Crippen LogP contribution is 2.17. The number of ether oxygens (including phenoxy) is 1. The number of nitrogens with two attached hydrogens (primary N) is 1. The van der Waals surface area contributed by atoms with Crippen LogP contribution in [0, 0.1) is 0 Å². The predicted octanol–water partition coefficient (Wildman–Crippen LogP) is -0.0303. The van der Waals surface area contributed by atoms with E-state index in [1.807, 2.05) is 24.0 Å². The summed E-state index contributed by atoms with van der Waals surface area (Å²) >= 11 is 0. The molecule has 1 fully saturated rings. The maximum absolute atomic E-state index is 6.23. The summed E-state index contributed by atoms with van der Waals surface area (Å²) in [6.07, 6.45) is 4.72. The summed E-state index contributed by atoms with van der Waals surface area (Å²) in [5.41, 5.74) is 6.05. The molecule has 5 heteroatoms. The number of aromatic nitrogens is 2. The first-order valence-electron chi connectivity index (χ1n) is 5.60. The van der Waals surface area contributed by atoms with E-state index in [0.29, 0.717) is 6.61 Å². The first kappa shape index (κ1) is 11.6. The van der Waals surface area contributed by atoms with Gasteiger partial charge in [0, 0.05) is 32.6 Å². The maximum Gasteiger partial charge on any atom is 0.122 e. The molecular formula is C11H20N4O. The Kier molecular flexibility index (Phi) is 3.28. The largest absolute Gasteiger partial charge is 0.379 e. The Bertz CT molecular complexity index is 344. The molecule has 0 spiro atoms. The molecule has 0 radical (unpaired) electrons. The van der Waals surface area contributed by atoms with Gasteiger partial charge >= 0.3 is 0 Å². The number of hydrogen-bond donors (Lipinski definition) is 1. The van der Waals surface area contributed by atoms with Gasteiger partial charge in [-0.1, -0.05) is 0 Å². The van der Waals surface area contributed by atoms with Crippen molar-refractivity contribution in [2.24, 2.45) is 12.8 Å². The van der Waals surface area contributed by atoms with Gasteiger partial charge in [-0.15, -0.1) is 0 Å². The van der Waals surface area contributed by atoms with Crippen molar-refractivity contribution in [1.82, 2.24) is 14.5 Å². The molecule has 2 rings (SSSR count). The lowest BCUT2D eigenvalue weighted by atomic mass is 10.00. The Morgan fingerprint density at radius 1 is 1.69 bits per heavy atom. The summed E-state index contributed by atoms with van der Waals surface area (Å²) in [6.45, 7) is 3.12. The van der Waals surface area contributed by atoms with Crippen LogP contribution in [0.25, 0.3) is 0 Å². The van der Waals surface area contributed by atoms with E-state index in [9.17, 15) is 0 Å². The van der Waals surface area contributed by atoms with Gasteiger partial charge in [0.25, 0.3) is 0 Å². The molecule has 0 amide bonds. The number of rotatable bonds is 4. The molecule has 0 bridgehead atoms. The zero-order valence-corrected chi connectivity index (χ0v) is 10.0. The zero-order chi connectivity index (χ0) is 11.6. The molecule has 1 aromatic rings. The van der Waals surface area contributed by atoms with E-state index in [4.69, 9.17) is 10.5 Å². The van der Waals surface area contributed by atoms with Crippen molar-refractivity contribution in [3.05, 3.63) is 18.2 Å². The summed E-state index contributed by atoms with van der Waals surface area (Å²) in [6, 6.07) is 0. The maximum atomic E-state index is 6.23. The highest BCUT2D eigenvalue weighted by atomic mass is 16.5. The number of aryl methyl sites for hydroxylation is 1. The minimum absolute atomic E-state index is 0.181. The summed E-state index contributed by atoms with van der Waals surface area (Å²) in [4.78, 5) is 6.51. The van der Waals surface area contributed by atoms with Gasteiger partial charge in [0.15, 0.2) is 0 Å². The van der Waals surface area contributed by atoms with Crippen molar-refractivity contribution in [1.29, 1.82) is 0 Å². The van der Waals surface area contributed by atoms with E-state index in [0.717, 1.165) is 31.9 Å². The third-order valence-corrected chi connectivity index (χ3v) is 3.05.